The fourth-order valence-electron chi connectivity index (χ4n) is 6.60. The van der Waals surface area contributed by atoms with Gasteiger partial charge in [0.05, 0.1) is 0 Å². The first-order valence-corrected chi connectivity index (χ1v) is 11.6. The van der Waals surface area contributed by atoms with Gasteiger partial charge in [-0.15, -0.1) is 0 Å². The molecular formula is C26H39NO2. The lowest BCUT2D eigenvalue weighted by atomic mass is 9.48. The Morgan fingerprint density at radius 2 is 1.45 bits per heavy atom. The minimum atomic E-state index is -0.889. The van der Waals surface area contributed by atoms with Crippen molar-refractivity contribution in [2.45, 2.75) is 97.1 Å². The molecule has 4 aliphatic carbocycles. The number of carbonyl (C=O) groups is 1. The van der Waals surface area contributed by atoms with Crippen molar-refractivity contribution < 1.29 is 9.53 Å². The Balaban J connectivity index is 1.41. The summed E-state index contributed by atoms with van der Waals surface area (Å²) in [6.07, 6.45) is 8.19. The van der Waals surface area contributed by atoms with Crippen LogP contribution < -0.4 is 10.1 Å². The van der Waals surface area contributed by atoms with E-state index < -0.39 is 5.60 Å². The van der Waals surface area contributed by atoms with Gasteiger partial charge in [0.2, 0.25) is 0 Å². The van der Waals surface area contributed by atoms with Crippen LogP contribution in [0.1, 0.15) is 85.6 Å². The largest absolute Gasteiger partial charge is 0.478 e. The summed E-state index contributed by atoms with van der Waals surface area (Å²) in [6, 6.07) is 8.38. The lowest BCUT2D eigenvalue weighted by Gasteiger charge is -2.59. The van der Waals surface area contributed by atoms with Gasteiger partial charge in [-0.3, -0.25) is 4.79 Å². The molecule has 29 heavy (non-hydrogen) atoms. The first-order chi connectivity index (χ1) is 13.5. The first kappa shape index (κ1) is 20.8. The Labute approximate surface area is 177 Å². The van der Waals surface area contributed by atoms with E-state index in [9.17, 15) is 4.79 Å². The van der Waals surface area contributed by atoms with Crippen molar-refractivity contribution >= 4 is 5.91 Å². The molecular weight excluding hydrogens is 358 g/mol. The number of hydrogen-bond acceptors (Lipinski definition) is 2. The third-order valence-electron chi connectivity index (χ3n) is 7.99. The van der Waals surface area contributed by atoms with E-state index >= 15 is 0 Å². The van der Waals surface area contributed by atoms with Crippen LogP contribution in [-0.2, 0) is 10.2 Å². The van der Waals surface area contributed by atoms with E-state index in [2.05, 4.69) is 45.1 Å². The Morgan fingerprint density at radius 3 is 1.90 bits per heavy atom. The number of carbonyl (C=O) groups excluding carboxylic acids is 1. The lowest BCUT2D eigenvalue weighted by molar-refractivity contribution is -0.138. The van der Waals surface area contributed by atoms with Gasteiger partial charge in [-0.05, 0) is 106 Å². The van der Waals surface area contributed by atoms with Gasteiger partial charge in [0.1, 0.15) is 5.75 Å². The van der Waals surface area contributed by atoms with E-state index in [0.29, 0.717) is 5.41 Å². The maximum absolute atomic E-state index is 13.2. The highest BCUT2D eigenvalue weighted by atomic mass is 16.5. The van der Waals surface area contributed by atoms with E-state index in [-0.39, 0.29) is 17.4 Å². The molecule has 0 saturated heterocycles. The molecule has 0 aromatic heterocycles. The highest BCUT2D eigenvalue weighted by molar-refractivity contribution is 5.85. The second-order valence-electron chi connectivity index (χ2n) is 11.9. The van der Waals surface area contributed by atoms with Crippen LogP contribution in [-0.4, -0.2) is 17.6 Å². The summed E-state index contributed by atoms with van der Waals surface area (Å²) in [5, 5.41) is 3.37. The molecule has 4 saturated carbocycles. The van der Waals surface area contributed by atoms with Crippen molar-refractivity contribution in [2.24, 2.45) is 23.2 Å². The van der Waals surface area contributed by atoms with Crippen LogP contribution in [0, 0.1) is 23.2 Å². The van der Waals surface area contributed by atoms with Crippen LogP contribution >= 0.6 is 0 Å². The SMILES string of the molecule is C[C@H](NC(=O)C(C)(C)Oc1ccc(C(C)(C)C)cc1)C12CC3CC(CC(C3)C1)C2. The lowest BCUT2D eigenvalue weighted by Crippen LogP contribution is -2.59. The van der Waals surface area contributed by atoms with Crippen LogP contribution in [0.4, 0.5) is 0 Å². The van der Waals surface area contributed by atoms with Crippen molar-refractivity contribution in [2.75, 3.05) is 0 Å². The molecule has 3 heteroatoms. The van der Waals surface area contributed by atoms with Crippen LogP contribution in [0.3, 0.4) is 0 Å². The molecule has 0 heterocycles. The van der Waals surface area contributed by atoms with Gasteiger partial charge in [0.15, 0.2) is 5.60 Å². The number of benzene rings is 1. The number of rotatable bonds is 5. The molecule has 5 rings (SSSR count). The standard InChI is InChI=1S/C26H39NO2/c1-17(26-14-18-11-19(15-26)13-20(12-18)16-26)27-23(28)25(5,6)29-22-9-7-21(8-10-22)24(2,3)4/h7-10,17-20H,11-16H2,1-6H3,(H,27,28)/t17-,18?,19?,20?,26?/m0/s1. The van der Waals surface area contributed by atoms with Crippen molar-refractivity contribution in [1.82, 2.24) is 5.32 Å². The van der Waals surface area contributed by atoms with Gasteiger partial charge in [-0.25, -0.2) is 0 Å². The molecule has 0 radical (unpaired) electrons. The van der Waals surface area contributed by atoms with Crippen LogP contribution in [0.15, 0.2) is 24.3 Å². The zero-order valence-corrected chi connectivity index (χ0v) is 19.2. The summed E-state index contributed by atoms with van der Waals surface area (Å²) in [6.45, 7) is 12.6. The van der Waals surface area contributed by atoms with Gasteiger partial charge >= 0.3 is 0 Å². The smallest absolute Gasteiger partial charge is 0.263 e. The third-order valence-corrected chi connectivity index (χ3v) is 7.99. The van der Waals surface area contributed by atoms with E-state index in [0.717, 1.165) is 23.5 Å². The molecule has 0 spiro atoms. The second kappa shape index (κ2) is 7.03. The number of amides is 1. The molecule has 1 atom stereocenters. The summed E-state index contributed by atoms with van der Waals surface area (Å²) in [5.41, 5.74) is 0.801. The first-order valence-electron chi connectivity index (χ1n) is 11.6. The summed E-state index contributed by atoms with van der Waals surface area (Å²) >= 11 is 0. The molecule has 4 bridgehead atoms. The van der Waals surface area contributed by atoms with Gasteiger partial charge in [0, 0.05) is 6.04 Å². The molecule has 1 aromatic carbocycles. The quantitative estimate of drug-likeness (QED) is 0.675. The molecule has 1 N–H and O–H groups in total. The minimum Gasteiger partial charge on any atom is -0.478 e. The van der Waals surface area contributed by atoms with Crippen LogP contribution in [0.5, 0.6) is 5.75 Å². The topological polar surface area (TPSA) is 38.3 Å². The summed E-state index contributed by atoms with van der Waals surface area (Å²) in [7, 11) is 0. The van der Waals surface area contributed by atoms with E-state index in [1.807, 2.05) is 26.0 Å². The Kier molecular flexibility index (Phi) is 5.03. The van der Waals surface area contributed by atoms with E-state index in [1.165, 1.54) is 44.1 Å². The minimum absolute atomic E-state index is 0.000596. The highest BCUT2D eigenvalue weighted by Crippen LogP contribution is 2.61. The molecule has 4 fully saturated rings. The zero-order chi connectivity index (χ0) is 21.0. The van der Waals surface area contributed by atoms with Crippen LogP contribution in [0.2, 0.25) is 0 Å². The summed E-state index contributed by atoms with van der Waals surface area (Å²) in [5.74, 6) is 3.44. The number of hydrogen-bond donors (Lipinski definition) is 1. The molecule has 160 valence electrons. The average molecular weight is 398 g/mol. The molecule has 1 amide bonds. The van der Waals surface area contributed by atoms with Gasteiger partial charge in [-0.2, -0.15) is 0 Å². The number of nitrogens with one attached hydrogen (secondary N) is 1. The molecule has 4 aliphatic rings. The maximum atomic E-state index is 13.2. The molecule has 0 aliphatic heterocycles. The fraction of sp³-hybridized carbons (Fsp3) is 0.731. The zero-order valence-electron chi connectivity index (χ0n) is 19.2. The Bertz CT molecular complexity index is 721. The number of ether oxygens (including phenoxy) is 1. The maximum Gasteiger partial charge on any atom is 0.263 e. The molecule has 1 aromatic rings. The molecule has 0 unspecified atom stereocenters. The van der Waals surface area contributed by atoms with Crippen molar-refractivity contribution in [3.05, 3.63) is 29.8 Å². The van der Waals surface area contributed by atoms with Gasteiger partial charge < -0.3 is 10.1 Å². The predicted molar refractivity (Wildman–Crippen MR) is 118 cm³/mol. The van der Waals surface area contributed by atoms with Crippen molar-refractivity contribution in [3.63, 3.8) is 0 Å². The summed E-state index contributed by atoms with van der Waals surface area (Å²) in [4.78, 5) is 13.2. The Hall–Kier alpha value is -1.51. The third kappa shape index (κ3) is 4.07. The fourth-order valence-corrected chi connectivity index (χ4v) is 6.60. The van der Waals surface area contributed by atoms with Crippen molar-refractivity contribution in [3.8, 4) is 5.75 Å². The molecule has 3 nitrogen and oxygen atoms in total. The van der Waals surface area contributed by atoms with Crippen LogP contribution in [0.25, 0.3) is 0 Å². The predicted octanol–water partition coefficient (Wildman–Crippen LogP) is 5.86. The van der Waals surface area contributed by atoms with Crippen molar-refractivity contribution in [1.29, 1.82) is 0 Å². The van der Waals surface area contributed by atoms with E-state index in [1.54, 1.807) is 0 Å². The van der Waals surface area contributed by atoms with E-state index in [4.69, 9.17) is 4.74 Å². The normalized spacial score (nSPS) is 32.1. The second-order valence-corrected chi connectivity index (χ2v) is 11.9. The monoisotopic (exact) mass is 397 g/mol. The Morgan fingerprint density at radius 1 is 0.966 bits per heavy atom. The highest BCUT2D eigenvalue weighted by Gasteiger charge is 2.53. The van der Waals surface area contributed by atoms with Gasteiger partial charge in [0.25, 0.3) is 5.91 Å². The average Bonchev–Trinajstić information content (AvgIpc) is 2.59. The summed E-state index contributed by atoms with van der Waals surface area (Å²) < 4.78 is 6.14. The van der Waals surface area contributed by atoms with Gasteiger partial charge in [-0.1, -0.05) is 32.9 Å².